The molecule has 0 saturated carbocycles. The van der Waals surface area contributed by atoms with E-state index in [0.29, 0.717) is 24.7 Å². The fourth-order valence-corrected chi connectivity index (χ4v) is 5.00. The van der Waals surface area contributed by atoms with E-state index in [4.69, 9.17) is 9.15 Å². The third kappa shape index (κ3) is 4.86. The van der Waals surface area contributed by atoms with Gasteiger partial charge in [-0.3, -0.25) is 0 Å². The molecule has 3 N–H and O–H groups in total. The highest BCUT2D eigenvalue weighted by Gasteiger charge is 2.30. The fourth-order valence-electron chi connectivity index (χ4n) is 3.83. The van der Waals surface area contributed by atoms with Crippen LogP contribution < -0.4 is 4.72 Å². The Balaban J connectivity index is 1.45. The van der Waals surface area contributed by atoms with Gasteiger partial charge in [0.25, 0.3) is 0 Å². The van der Waals surface area contributed by atoms with Crippen molar-refractivity contribution in [3.05, 3.63) is 71.5 Å². The van der Waals surface area contributed by atoms with Crippen LogP contribution in [0.3, 0.4) is 0 Å². The maximum Gasteiger partial charge on any atom is 0.474 e. The van der Waals surface area contributed by atoms with Crippen LogP contribution in [0.5, 0.6) is 0 Å². The molecule has 0 spiro atoms. The zero-order valence-electron chi connectivity index (χ0n) is 16.0. The molecule has 6 nitrogen and oxygen atoms in total. The number of furan rings is 1. The zero-order chi connectivity index (χ0) is 20.2. The number of hydrogen-bond acceptors (Lipinski definition) is 6. The summed E-state index contributed by atoms with van der Waals surface area (Å²) in [6.07, 6.45) is 2.86. The van der Waals surface area contributed by atoms with Crippen LogP contribution in [0, 0.1) is 0 Å². The van der Waals surface area contributed by atoms with Gasteiger partial charge in [0.15, 0.2) is 5.75 Å². The molecule has 3 atom stereocenters. The van der Waals surface area contributed by atoms with Crippen molar-refractivity contribution in [3.8, 4) is 0 Å². The van der Waals surface area contributed by atoms with Crippen LogP contribution in [-0.2, 0) is 28.3 Å². The second kappa shape index (κ2) is 9.34. The van der Waals surface area contributed by atoms with Crippen LogP contribution in [-0.4, -0.2) is 40.9 Å². The van der Waals surface area contributed by atoms with Gasteiger partial charge in [0.2, 0.25) is 0 Å². The SMILES string of the molecule is [O-][S+](Cc1ccccc1C1CCOC1)NC(Cc1coc2ccccc12)B(O)O. The summed E-state index contributed by atoms with van der Waals surface area (Å²) in [6, 6.07) is 15.5. The summed E-state index contributed by atoms with van der Waals surface area (Å²) in [5.41, 5.74) is 3.73. The predicted molar refractivity (Wildman–Crippen MR) is 113 cm³/mol. The molecule has 3 aromatic rings. The van der Waals surface area contributed by atoms with Crippen LogP contribution >= 0.6 is 0 Å². The first-order valence-corrected chi connectivity index (χ1v) is 11.0. The highest BCUT2D eigenvalue weighted by atomic mass is 32.2. The second-order valence-corrected chi connectivity index (χ2v) is 8.56. The van der Waals surface area contributed by atoms with E-state index in [0.717, 1.165) is 40.7 Å². The first-order valence-electron chi connectivity index (χ1n) is 9.73. The maximum absolute atomic E-state index is 12.8. The maximum atomic E-state index is 12.8. The average molecular weight is 413 g/mol. The summed E-state index contributed by atoms with van der Waals surface area (Å²) in [5.74, 6) is -0.166. The zero-order valence-corrected chi connectivity index (χ0v) is 16.8. The Kier molecular flexibility index (Phi) is 6.59. The Labute approximate surface area is 173 Å². The molecule has 4 rings (SSSR count). The number of hydrogen-bond donors (Lipinski definition) is 3. The molecule has 0 aliphatic carbocycles. The minimum atomic E-state index is -1.65. The number of fused-ring (bicyclic) bond motifs is 1. The minimum absolute atomic E-state index is 0.290. The van der Waals surface area contributed by atoms with Crippen molar-refractivity contribution in [2.24, 2.45) is 0 Å². The normalized spacial score (nSPS) is 18.8. The van der Waals surface area contributed by atoms with Crippen molar-refractivity contribution in [2.45, 2.75) is 30.5 Å². The lowest BCUT2D eigenvalue weighted by Crippen LogP contribution is -2.48. The van der Waals surface area contributed by atoms with Gasteiger partial charge in [-0.2, -0.15) is 0 Å². The summed E-state index contributed by atoms with van der Waals surface area (Å²) in [7, 11) is -1.65. The molecule has 0 amide bonds. The molecule has 3 unspecified atom stereocenters. The summed E-state index contributed by atoms with van der Waals surface area (Å²) in [6.45, 7) is 1.43. The molecule has 1 fully saturated rings. The number of nitrogens with one attached hydrogen (secondary N) is 1. The van der Waals surface area contributed by atoms with E-state index in [1.54, 1.807) is 6.26 Å². The van der Waals surface area contributed by atoms with E-state index in [9.17, 15) is 14.6 Å². The fraction of sp³-hybridized carbons (Fsp3) is 0.333. The van der Waals surface area contributed by atoms with Gasteiger partial charge in [-0.05, 0) is 30.0 Å². The number of benzene rings is 2. The Morgan fingerprint density at radius 3 is 2.72 bits per heavy atom. The van der Waals surface area contributed by atoms with Gasteiger partial charge in [-0.1, -0.05) is 42.5 Å². The van der Waals surface area contributed by atoms with Gasteiger partial charge in [0.1, 0.15) is 5.58 Å². The van der Waals surface area contributed by atoms with Crippen LogP contribution in [0.2, 0.25) is 0 Å². The lowest BCUT2D eigenvalue weighted by atomic mass is 9.77. The largest absolute Gasteiger partial charge is 0.598 e. The van der Waals surface area contributed by atoms with Crippen LogP contribution in [0.15, 0.2) is 59.2 Å². The van der Waals surface area contributed by atoms with E-state index < -0.39 is 24.4 Å². The monoisotopic (exact) mass is 413 g/mol. The summed E-state index contributed by atoms with van der Waals surface area (Å²) < 4.78 is 26.7. The van der Waals surface area contributed by atoms with Gasteiger partial charge in [-0.25, -0.2) is 0 Å². The van der Waals surface area contributed by atoms with Crippen molar-refractivity contribution in [1.29, 1.82) is 0 Å². The smallest absolute Gasteiger partial charge is 0.474 e. The molecular weight excluding hydrogens is 389 g/mol. The number of rotatable bonds is 8. The standard InChI is InChI=1S/C21H24BNO5S/c24-22(25)21(11-17-13-28-20-8-4-3-7-19(17)20)23-29(26)14-16-5-1-2-6-18(16)15-9-10-27-12-15/h1-8,13,15,21,23-25H,9-12,14H2. The summed E-state index contributed by atoms with van der Waals surface area (Å²) in [4.78, 5) is 0. The lowest BCUT2D eigenvalue weighted by molar-refractivity contribution is 0.194. The van der Waals surface area contributed by atoms with Crippen LogP contribution in [0.4, 0.5) is 0 Å². The third-order valence-electron chi connectivity index (χ3n) is 5.35. The Bertz CT molecular complexity index is 943. The Hall–Kier alpha value is -1.81. The first-order chi connectivity index (χ1) is 14.1. The third-order valence-corrected chi connectivity index (χ3v) is 6.49. The highest BCUT2D eigenvalue weighted by Crippen LogP contribution is 2.29. The van der Waals surface area contributed by atoms with Crippen molar-refractivity contribution >= 4 is 29.4 Å². The van der Waals surface area contributed by atoms with Crippen LogP contribution in [0.1, 0.15) is 29.0 Å². The molecule has 29 heavy (non-hydrogen) atoms. The molecule has 0 bridgehead atoms. The molecular formula is C21H24BNO5S. The van der Waals surface area contributed by atoms with E-state index >= 15 is 0 Å². The number of para-hydroxylation sites is 1. The second-order valence-electron chi connectivity index (χ2n) is 7.35. The summed E-state index contributed by atoms with van der Waals surface area (Å²) in [5, 5.41) is 20.6. The molecule has 2 aromatic carbocycles. The van der Waals surface area contributed by atoms with Crippen LogP contribution in [0.25, 0.3) is 11.0 Å². The predicted octanol–water partition coefficient (Wildman–Crippen LogP) is 2.31. The van der Waals surface area contributed by atoms with Crippen molar-refractivity contribution < 1.29 is 23.8 Å². The van der Waals surface area contributed by atoms with Crippen molar-refractivity contribution in [1.82, 2.24) is 4.72 Å². The first kappa shape index (κ1) is 20.5. The van der Waals surface area contributed by atoms with Gasteiger partial charge >= 0.3 is 7.12 Å². The molecule has 8 heteroatoms. The molecule has 1 aromatic heterocycles. The molecule has 1 aliphatic rings. The lowest BCUT2D eigenvalue weighted by Gasteiger charge is -2.21. The van der Waals surface area contributed by atoms with Crippen molar-refractivity contribution in [2.75, 3.05) is 13.2 Å². The van der Waals surface area contributed by atoms with E-state index in [2.05, 4.69) is 10.8 Å². The van der Waals surface area contributed by atoms with E-state index in [1.165, 1.54) is 0 Å². The Morgan fingerprint density at radius 1 is 1.14 bits per heavy atom. The average Bonchev–Trinajstić information content (AvgIpc) is 3.38. The van der Waals surface area contributed by atoms with Gasteiger partial charge in [0.05, 0.1) is 18.8 Å². The quantitative estimate of drug-likeness (QED) is 0.387. The summed E-state index contributed by atoms with van der Waals surface area (Å²) >= 11 is -1.47. The minimum Gasteiger partial charge on any atom is -0.598 e. The molecule has 0 radical (unpaired) electrons. The number of ether oxygens (including phenoxy) is 1. The molecule has 2 heterocycles. The van der Waals surface area contributed by atoms with Gasteiger partial charge in [-0.15, -0.1) is 4.72 Å². The Morgan fingerprint density at radius 2 is 1.93 bits per heavy atom. The molecule has 1 saturated heterocycles. The highest BCUT2D eigenvalue weighted by molar-refractivity contribution is 7.88. The molecule has 1 aliphatic heterocycles. The van der Waals surface area contributed by atoms with E-state index in [1.807, 2.05) is 42.5 Å². The van der Waals surface area contributed by atoms with Gasteiger partial charge in [0, 0.05) is 34.8 Å². The van der Waals surface area contributed by atoms with Crippen molar-refractivity contribution in [3.63, 3.8) is 0 Å². The molecule has 152 valence electrons. The van der Waals surface area contributed by atoms with Gasteiger partial charge < -0.3 is 23.8 Å². The van der Waals surface area contributed by atoms with E-state index in [-0.39, 0.29) is 0 Å². The topological polar surface area (TPSA) is 97.9 Å².